The first-order valence-corrected chi connectivity index (χ1v) is 6.46. The van der Waals surface area contributed by atoms with Crippen molar-refractivity contribution in [2.45, 2.75) is 11.4 Å². The molecule has 0 fully saturated rings. The Hall–Kier alpha value is -2.31. The number of hydrogen-bond donors (Lipinski definition) is 1. The SMILES string of the molecule is N#Cc1c(F)cccc1S(=O)(=O)NCc1ncon1. The van der Waals surface area contributed by atoms with Crippen LogP contribution in [-0.4, -0.2) is 18.6 Å². The lowest BCUT2D eigenvalue weighted by atomic mass is 10.2. The number of rotatable bonds is 4. The average molecular weight is 282 g/mol. The molecule has 1 N–H and O–H groups in total. The molecule has 0 aliphatic carbocycles. The van der Waals surface area contributed by atoms with Crippen molar-refractivity contribution in [2.24, 2.45) is 0 Å². The van der Waals surface area contributed by atoms with Crippen molar-refractivity contribution in [3.63, 3.8) is 0 Å². The van der Waals surface area contributed by atoms with Gasteiger partial charge in [0.15, 0.2) is 5.82 Å². The third-order valence-corrected chi connectivity index (χ3v) is 3.65. The molecule has 7 nitrogen and oxygen atoms in total. The van der Waals surface area contributed by atoms with Crippen LogP contribution >= 0.6 is 0 Å². The summed E-state index contributed by atoms with van der Waals surface area (Å²) in [6, 6.07) is 4.88. The molecular weight excluding hydrogens is 275 g/mol. The highest BCUT2D eigenvalue weighted by atomic mass is 32.2. The van der Waals surface area contributed by atoms with Crippen molar-refractivity contribution in [1.29, 1.82) is 5.26 Å². The predicted octanol–water partition coefficient (Wildman–Crippen LogP) is 0.559. The molecular formula is C10H7FN4O3S. The van der Waals surface area contributed by atoms with Crippen LogP contribution in [-0.2, 0) is 16.6 Å². The summed E-state index contributed by atoms with van der Waals surface area (Å²) in [5.41, 5.74) is -0.539. The maximum absolute atomic E-state index is 13.3. The lowest BCUT2D eigenvalue weighted by Crippen LogP contribution is -2.24. The number of nitrogens with one attached hydrogen (secondary N) is 1. The highest BCUT2D eigenvalue weighted by Gasteiger charge is 2.21. The van der Waals surface area contributed by atoms with Crippen LogP contribution in [0, 0.1) is 17.1 Å². The Morgan fingerprint density at radius 3 is 2.89 bits per heavy atom. The summed E-state index contributed by atoms with van der Waals surface area (Å²) in [6.45, 7) is -0.222. The summed E-state index contributed by atoms with van der Waals surface area (Å²) in [5, 5.41) is 12.2. The number of sulfonamides is 1. The second-order valence-electron chi connectivity index (χ2n) is 3.40. The van der Waals surface area contributed by atoms with Gasteiger partial charge in [-0.3, -0.25) is 0 Å². The average Bonchev–Trinajstić information content (AvgIpc) is 2.89. The van der Waals surface area contributed by atoms with E-state index in [1.165, 1.54) is 12.1 Å². The number of halogens is 1. The van der Waals surface area contributed by atoms with E-state index in [1.807, 2.05) is 0 Å². The van der Waals surface area contributed by atoms with E-state index in [4.69, 9.17) is 5.26 Å². The Kier molecular flexibility index (Phi) is 3.55. The first kappa shape index (κ1) is 13.1. The minimum atomic E-state index is -4.04. The van der Waals surface area contributed by atoms with Gasteiger partial charge in [0.1, 0.15) is 22.3 Å². The summed E-state index contributed by atoms with van der Waals surface area (Å²) in [7, 11) is -4.04. The second kappa shape index (κ2) is 5.13. The number of nitrogens with zero attached hydrogens (tertiary/aromatic N) is 3. The lowest BCUT2D eigenvalue weighted by Gasteiger charge is -2.06. The molecule has 2 aromatic rings. The van der Waals surface area contributed by atoms with Crippen LogP contribution in [0.1, 0.15) is 11.4 Å². The van der Waals surface area contributed by atoms with Gasteiger partial charge in [-0.05, 0) is 12.1 Å². The van der Waals surface area contributed by atoms with E-state index in [-0.39, 0.29) is 12.4 Å². The Bertz CT molecular complexity index is 722. The maximum Gasteiger partial charge on any atom is 0.242 e. The Balaban J connectivity index is 2.30. The predicted molar refractivity (Wildman–Crippen MR) is 59.4 cm³/mol. The van der Waals surface area contributed by atoms with Crippen molar-refractivity contribution in [3.8, 4) is 6.07 Å². The van der Waals surface area contributed by atoms with Gasteiger partial charge in [0, 0.05) is 0 Å². The molecule has 0 unspecified atom stereocenters. The van der Waals surface area contributed by atoms with Crippen molar-refractivity contribution >= 4 is 10.0 Å². The second-order valence-corrected chi connectivity index (χ2v) is 5.13. The minimum Gasteiger partial charge on any atom is -0.343 e. The Labute approximate surface area is 107 Å². The summed E-state index contributed by atoms with van der Waals surface area (Å²) >= 11 is 0. The molecule has 0 amide bonds. The van der Waals surface area contributed by atoms with Crippen molar-refractivity contribution < 1.29 is 17.3 Å². The van der Waals surface area contributed by atoms with Gasteiger partial charge < -0.3 is 4.52 Å². The molecule has 98 valence electrons. The Morgan fingerprint density at radius 2 is 2.26 bits per heavy atom. The van der Waals surface area contributed by atoms with Gasteiger partial charge in [0.05, 0.1) is 6.54 Å². The van der Waals surface area contributed by atoms with Crippen molar-refractivity contribution in [3.05, 3.63) is 41.8 Å². The first-order chi connectivity index (χ1) is 9.04. The molecule has 19 heavy (non-hydrogen) atoms. The first-order valence-electron chi connectivity index (χ1n) is 4.98. The molecule has 0 saturated heterocycles. The topological polar surface area (TPSA) is 109 Å². The van der Waals surface area contributed by atoms with Gasteiger partial charge in [-0.2, -0.15) is 10.2 Å². The van der Waals surface area contributed by atoms with Crippen LogP contribution in [0.2, 0.25) is 0 Å². The van der Waals surface area contributed by atoms with Gasteiger partial charge in [-0.1, -0.05) is 11.2 Å². The standard InChI is InChI=1S/C10H7FN4O3S/c11-8-2-1-3-9(7(8)4-12)19(16,17)14-5-10-13-6-18-15-10/h1-3,6,14H,5H2. The van der Waals surface area contributed by atoms with E-state index < -0.39 is 26.3 Å². The molecule has 1 aromatic carbocycles. The van der Waals surface area contributed by atoms with Crippen molar-refractivity contribution in [2.75, 3.05) is 0 Å². The van der Waals surface area contributed by atoms with Gasteiger partial charge >= 0.3 is 0 Å². The van der Waals surface area contributed by atoms with Crippen LogP contribution in [0.3, 0.4) is 0 Å². The molecule has 0 spiro atoms. The van der Waals surface area contributed by atoms with E-state index in [0.29, 0.717) is 0 Å². The maximum atomic E-state index is 13.3. The third-order valence-electron chi connectivity index (χ3n) is 2.20. The molecule has 0 saturated carbocycles. The number of aromatic nitrogens is 2. The zero-order chi connectivity index (χ0) is 13.9. The largest absolute Gasteiger partial charge is 0.343 e. The van der Waals surface area contributed by atoms with Crippen LogP contribution in [0.15, 0.2) is 34.0 Å². The normalized spacial score (nSPS) is 11.2. The zero-order valence-corrected chi connectivity index (χ0v) is 10.2. The fraction of sp³-hybridized carbons (Fsp3) is 0.100. The van der Waals surface area contributed by atoms with Crippen LogP contribution in [0.25, 0.3) is 0 Å². The lowest BCUT2D eigenvalue weighted by molar-refractivity contribution is 0.409. The number of benzene rings is 1. The molecule has 9 heteroatoms. The van der Waals surface area contributed by atoms with Gasteiger partial charge in [0.25, 0.3) is 0 Å². The van der Waals surface area contributed by atoms with E-state index in [2.05, 4.69) is 19.4 Å². The van der Waals surface area contributed by atoms with E-state index >= 15 is 0 Å². The summed E-state index contributed by atoms with van der Waals surface area (Å²) in [4.78, 5) is 3.20. The van der Waals surface area contributed by atoms with E-state index in [0.717, 1.165) is 18.5 Å². The molecule has 0 aliphatic heterocycles. The van der Waals surface area contributed by atoms with Gasteiger partial charge in [0.2, 0.25) is 16.4 Å². The fourth-order valence-corrected chi connectivity index (χ4v) is 2.49. The summed E-state index contributed by atoms with van der Waals surface area (Å²) in [5.74, 6) is -0.775. The quantitative estimate of drug-likeness (QED) is 0.877. The fourth-order valence-electron chi connectivity index (χ4n) is 1.34. The molecule has 0 radical (unpaired) electrons. The minimum absolute atomic E-state index is 0.124. The number of nitriles is 1. The molecule has 1 heterocycles. The highest BCUT2D eigenvalue weighted by molar-refractivity contribution is 7.89. The van der Waals surface area contributed by atoms with Crippen LogP contribution < -0.4 is 4.72 Å². The molecule has 0 aliphatic rings. The van der Waals surface area contributed by atoms with Crippen LogP contribution in [0.4, 0.5) is 4.39 Å². The van der Waals surface area contributed by atoms with Gasteiger partial charge in [-0.25, -0.2) is 17.5 Å². The monoisotopic (exact) mass is 282 g/mol. The molecule has 0 bridgehead atoms. The van der Waals surface area contributed by atoms with E-state index in [1.54, 1.807) is 0 Å². The van der Waals surface area contributed by atoms with E-state index in [9.17, 15) is 12.8 Å². The third kappa shape index (κ3) is 2.75. The molecule has 1 aromatic heterocycles. The van der Waals surface area contributed by atoms with Crippen molar-refractivity contribution in [1.82, 2.24) is 14.9 Å². The molecule has 0 atom stereocenters. The Morgan fingerprint density at radius 1 is 1.47 bits per heavy atom. The summed E-state index contributed by atoms with van der Waals surface area (Å²) < 4.78 is 43.8. The summed E-state index contributed by atoms with van der Waals surface area (Å²) in [6.07, 6.45) is 1.05. The highest BCUT2D eigenvalue weighted by Crippen LogP contribution is 2.17. The van der Waals surface area contributed by atoms with Crippen LogP contribution in [0.5, 0.6) is 0 Å². The number of hydrogen-bond acceptors (Lipinski definition) is 6. The molecule has 2 rings (SSSR count). The smallest absolute Gasteiger partial charge is 0.242 e. The van der Waals surface area contributed by atoms with Gasteiger partial charge in [-0.15, -0.1) is 0 Å². The zero-order valence-electron chi connectivity index (χ0n) is 9.37.